The molecule has 0 heterocycles. The molecule has 0 aromatic heterocycles. The van der Waals surface area contributed by atoms with Crippen LogP contribution in [0.25, 0.3) is 0 Å². The van der Waals surface area contributed by atoms with Gasteiger partial charge in [0.25, 0.3) is 0 Å². The van der Waals surface area contributed by atoms with E-state index in [0.29, 0.717) is 16.9 Å². The van der Waals surface area contributed by atoms with Crippen molar-refractivity contribution in [1.82, 2.24) is 0 Å². The topological polar surface area (TPSA) is 50.1 Å². The highest BCUT2D eigenvalue weighted by Crippen LogP contribution is 2.27. The van der Waals surface area contributed by atoms with Crippen molar-refractivity contribution in [3.05, 3.63) is 64.1 Å². The van der Waals surface area contributed by atoms with Crippen LogP contribution in [0.15, 0.2) is 53.0 Å². The van der Waals surface area contributed by atoms with E-state index in [9.17, 15) is 4.79 Å². The molecule has 0 aliphatic rings. The monoisotopic (exact) mass is 315 g/mol. The van der Waals surface area contributed by atoms with Crippen molar-refractivity contribution >= 4 is 21.9 Å². The Bertz CT molecular complexity index is 632. The molecule has 0 N–H and O–H groups in total. The Morgan fingerprint density at radius 3 is 2.58 bits per heavy atom. The number of ether oxygens (including phenoxy) is 1. The first kappa shape index (κ1) is 13.3. The van der Waals surface area contributed by atoms with E-state index in [0.717, 1.165) is 4.47 Å². The molecule has 0 radical (unpaired) electrons. The zero-order valence-electron chi connectivity index (χ0n) is 9.97. The second kappa shape index (κ2) is 6.17. The number of hydrogen-bond donors (Lipinski definition) is 0. The fourth-order valence-electron chi connectivity index (χ4n) is 1.62. The maximum absolute atomic E-state index is 12.0. The molecule has 0 fully saturated rings. The Morgan fingerprint density at radius 2 is 1.89 bits per heavy atom. The summed E-state index contributed by atoms with van der Waals surface area (Å²) in [6, 6.07) is 16.1. The second-order valence-electron chi connectivity index (χ2n) is 3.81. The number of nitrogens with zero attached hydrogens (tertiary/aromatic N) is 1. The van der Waals surface area contributed by atoms with Crippen molar-refractivity contribution in [3.63, 3.8) is 0 Å². The minimum atomic E-state index is -0.433. The number of rotatable bonds is 3. The van der Waals surface area contributed by atoms with Gasteiger partial charge in [0, 0.05) is 10.0 Å². The number of nitriles is 1. The first-order chi connectivity index (χ1) is 9.22. The highest BCUT2D eigenvalue weighted by atomic mass is 79.9. The first-order valence-corrected chi connectivity index (χ1v) is 6.43. The van der Waals surface area contributed by atoms with Crippen LogP contribution in [0.4, 0.5) is 0 Å². The SMILES string of the molecule is N#CCc1c(Br)cccc1OC(=O)c1ccccc1. The van der Waals surface area contributed by atoms with E-state index in [1.807, 2.05) is 12.1 Å². The van der Waals surface area contributed by atoms with E-state index in [1.165, 1.54) is 0 Å². The molecule has 0 amide bonds. The van der Waals surface area contributed by atoms with Gasteiger partial charge in [0.2, 0.25) is 0 Å². The standard InChI is InChI=1S/C15H10BrNO2/c16-13-7-4-8-14(12(13)9-10-17)19-15(18)11-5-2-1-3-6-11/h1-8H,9H2. The van der Waals surface area contributed by atoms with Crippen LogP contribution in [0.3, 0.4) is 0 Å². The van der Waals surface area contributed by atoms with Gasteiger partial charge in [-0.1, -0.05) is 40.2 Å². The molecule has 2 rings (SSSR count). The third-order valence-corrected chi connectivity index (χ3v) is 3.29. The maximum atomic E-state index is 12.0. The largest absolute Gasteiger partial charge is 0.423 e. The van der Waals surface area contributed by atoms with Gasteiger partial charge in [-0.05, 0) is 24.3 Å². The lowest BCUT2D eigenvalue weighted by molar-refractivity contribution is 0.0733. The van der Waals surface area contributed by atoms with E-state index in [-0.39, 0.29) is 6.42 Å². The lowest BCUT2D eigenvalue weighted by atomic mass is 10.1. The minimum Gasteiger partial charge on any atom is -0.423 e. The summed E-state index contributed by atoms with van der Waals surface area (Å²) in [6.07, 6.45) is 0.179. The lowest BCUT2D eigenvalue weighted by Crippen LogP contribution is -2.09. The molecule has 0 saturated carbocycles. The summed E-state index contributed by atoms with van der Waals surface area (Å²) in [7, 11) is 0. The molecule has 0 bridgehead atoms. The van der Waals surface area contributed by atoms with Crippen molar-refractivity contribution in [2.24, 2.45) is 0 Å². The average Bonchev–Trinajstić information content (AvgIpc) is 2.43. The molecular formula is C15H10BrNO2. The number of hydrogen-bond acceptors (Lipinski definition) is 3. The molecule has 94 valence electrons. The van der Waals surface area contributed by atoms with Gasteiger partial charge in [0.15, 0.2) is 0 Å². The molecule has 0 aliphatic carbocycles. The van der Waals surface area contributed by atoms with Crippen LogP contribution in [-0.4, -0.2) is 5.97 Å². The molecule has 0 aliphatic heterocycles. The summed E-state index contributed by atoms with van der Waals surface area (Å²) in [5.74, 6) is -0.0253. The predicted molar refractivity (Wildman–Crippen MR) is 74.9 cm³/mol. The zero-order chi connectivity index (χ0) is 13.7. The molecule has 0 saturated heterocycles. The number of carbonyl (C=O) groups excluding carboxylic acids is 1. The van der Waals surface area contributed by atoms with Gasteiger partial charge in [-0.2, -0.15) is 5.26 Å². The molecule has 19 heavy (non-hydrogen) atoms. The normalized spacial score (nSPS) is 9.68. The molecule has 0 atom stereocenters. The van der Waals surface area contributed by atoms with Gasteiger partial charge in [-0.25, -0.2) is 4.79 Å². The molecule has 3 nitrogen and oxygen atoms in total. The molecule has 2 aromatic carbocycles. The minimum absolute atomic E-state index is 0.179. The maximum Gasteiger partial charge on any atom is 0.343 e. The van der Waals surface area contributed by atoms with Crippen molar-refractivity contribution in [1.29, 1.82) is 5.26 Å². The number of halogens is 1. The number of esters is 1. The predicted octanol–water partition coefficient (Wildman–Crippen LogP) is 3.73. The van der Waals surface area contributed by atoms with Gasteiger partial charge in [0.05, 0.1) is 18.1 Å². The van der Waals surface area contributed by atoms with E-state index in [2.05, 4.69) is 22.0 Å². The Kier molecular flexibility index (Phi) is 4.32. The third-order valence-electron chi connectivity index (χ3n) is 2.54. The smallest absolute Gasteiger partial charge is 0.343 e. The fourth-order valence-corrected chi connectivity index (χ4v) is 2.11. The van der Waals surface area contributed by atoms with Crippen LogP contribution in [-0.2, 0) is 6.42 Å². The van der Waals surface area contributed by atoms with Crippen LogP contribution >= 0.6 is 15.9 Å². The summed E-state index contributed by atoms with van der Waals surface area (Å²) >= 11 is 3.35. The quantitative estimate of drug-likeness (QED) is 0.640. The van der Waals surface area contributed by atoms with Crippen molar-refractivity contribution in [2.75, 3.05) is 0 Å². The van der Waals surface area contributed by atoms with Gasteiger partial charge >= 0.3 is 5.97 Å². The highest BCUT2D eigenvalue weighted by molar-refractivity contribution is 9.10. The van der Waals surface area contributed by atoms with Gasteiger partial charge in [-0.15, -0.1) is 0 Å². The Balaban J connectivity index is 2.27. The molecule has 2 aromatic rings. The van der Waals surface area contributed by atoms with Crippen LogP contribution in [0.2, 0.25) is 0 Å². The van der Waals surface area contributed by atoms with Gasteiger partial charge in [0.1, 0.15) is 5.75 Å². The van der Waals surface area contributed by atoms with Crippen LogP contribution in [0.1, 0.15) is 15.9 Å². The molecule has 4 heteroatoms. The summed E-state index contributed by atoms with van der Waals surface area (Å²) in [4.78, 5) is 12.0. The highest BCUT2D eigenvalue weighted by Gasteiger charge is 2.13. The lowest BCUT2D eigenvalue weighted by Gasteiger charge is -2.09. The number of carbonyl (C=O) groups is 1. The van der Waals surface area contributed by atoms with E-state index in [1.54, 1.807) is 36.4 Å². The van der Waals surface area contributed by atoms with E-state index in [4.69, 9.17) is 10.00 Å². The van der Waals surface area contributed by atoms with E-state index >= 15 is 0 Å². The summed E-state index contributed by atoms with van der Waals surface area (Å²) in [5.41, 5.74) is 1.15. The van der Waals surface area contributed by atoms with Crippen molar-refractivity contribution < 1.29 is 9.53 Å². The van der Waals surface area contributed by atoms with Crippen LogP contribution in [0.5, 0.6) is 5.75 Å². The summed E-state index contributed by atoms with van der Waals surface area (Å²) < 4.78 is 6.10. The van der Waals surface area contributed by atoms with E-state index < -0.39 is 5.97 Å². The summed E-state index contributed by atoms with van der Waals surface area (Å²) in [5, 5.41) is 8.81. The second-order valence-corrected chi connectivity index (χ2v) is 4.66. The van der Waals surface area contributed by atoms with Gasteiger partial charge < -0.3 is 4.74 Å². The van der Waals surface area contributed by atoms with Gasteiger partial charge in [-0.3, -0.25) is 0 Å². The molecule has 0 unspecified atom stereocenters. The van der Waals surface area contributed by atoms with Crippen LogP contribution in [0, 0.1) is 11.3 Å². The zero-order valence-corrected chi connectivity index (χ0v) is 11.6. The van der Waals surface area contributed by atoms with Crippen molar-refractivity contribution in [2.45, 2.75) is 6.42 Å². The molecular weight excluding hydrogens is 306 g/mol. The average molecular weight is 316 g/mol. The number of benzene rings is 2. The third kappa shape index (κ3) is 3.21. The Morgan fingerprint density at radius 1 is 1.16 bits per heavy atom. The Hall–Kier alpha value is -2.12. The molecule has 0 spiro atoms. The Labute approximate surface area is 119 Å². The first-order valence-electron chi connectivity index (χ1n) is 5.64. The van der Waals surface area contributed by atoms with Crippen LogP contribution < -0.4 is 4.74 Å². The summed E-state index contributed by atoms with van der Waals surface area (Å²) in [6.45, 7) is 0. The van der Waals surface area contributed by atoms with Crippen molar-refractivity contribution in [3.8, 4) is 11.8 Å². The fraction of sp³-hybridized carbons (Fsp3) is 0.0667.